The summed E-state index contributed by atoms with van der Waals surface area (Å²) in [5, 5.41) is 6.88. The van der Waals surface area contributed by atoms with Crippen molar-refractivity contribution >= 4 is 11.8 Å². The van der Waals surface area contributed by atoms with Crippen molar-refractivity contribution in [2.45, 2.75) is 38.1 Å². The zero-order valence-corrected chi connectivity index (χ0v) is 17.3. The summed E-state index contributed by atoms with van der Waals surface area (Å²) in [4.78, 5) is 29.4. The number of hydrogen-bond donors (Lipinski definition) is 1. The van der Waals surface area contributed by atoms with Crippen molar-refractivity contribution < 1.29 is 14.1 Å². The van der Waals surface area contributed by atoms with Crippen LogP contribution in [-0.2, 0) is 11.2 Å². The molecule has 1 unspecified atom stereocenters. The van der Waals surface area contributed by atoms with Crippen LogP contribution in [0.25, 0.3) is 0 Å². The second kappa shape index (κ2) is 9.89. The van der Waals surface area contributed by atoms with Gasteiger partial charge >= 0.3 is 0 Å². The summed E-state index contributed by atoms with van der Waals surface area (Å²) in [5.74, 6) is 0.176. The molecule has 1 atom stereocenters. The summed E-state index contributed by atoms with van der Waals surface area (Å²) in [7, 11) is 0. The Morgan fingerprint density at radius 3 is 2.60 bits per heavy atom. The van der Waals surface area contributed by atoms with Crippen LogP contribution >= 0.6 is 0 Å². The Kier molecular flexibility index (Phi) is 6.79. The molecule has 2 saturated heterocycles. The number of nitrogens with one attached hydrogen (secondary N) is 1. The molecular formula is C23H30N4O3. The molecule has 0 spiro atoms. The van der Waals surface area contributed by atoms with E-state index in [-0.39, 0.29) is 17.7 Å². The molecule has 7 heteroatoms. The largest absolute Gasteiger partial charge is 0.364 e. The second-order valence-corrected chi connectivity index (χ2v) is 8.27. The van der Waals surface area contributed by atoms with Gasteiger partial charge in [0.15, 0.2) is 5.69 Å². The van der Waals surface area contributed by atoms with Crippen LogP contribution < -0.4 is 5.32 Å². The van der Waals surface area contributed by atoms with Gasteiger partial charge in [0, 0.05) is 38.3 Å². The van der Waals surface area contributed by atoms with Crippen LogP contribution in [0.1, 0.15) is 41.7 Å². The van der Waals surface area contributed by atoms with Gasteiger partial charge in [-0.2, -0.15) is 0 Å². The van der Waals surface area contributed by atoms with Gasteiger partial charge in [-0.15, -0.1) is 0 Å². The Labute approximate surface area is 177 Å². The molecule has 3 heterocycles. The maximum Gasteiger partial charge on any atom is 0.276 e. The first-order valence-electron chi connectivity index (χ1n) is 11.0. The fourth-order valence-corrected chi connectivity index (χ4v) is 4.59. The van der Waals surface area contributed by atoms with Crippen LogP contribution in [0, 0.1) is 5.92 Å². The molecule has 0 radical (unpaired) electrons. The predicted octanol–water partition coefficient (Wildman–Crippen LogP) is 2.35. The minimum absolute atomic E-state index is 0.0588. The number of carbonyl (C=O) groups excluding carboxylic acids is 2. The van der Waals surface area contributed by atoms with Gasteiger partial charge in [-0.1, -0.05) is 35.5 Å². The quantitative estimate of drug-likeness (QED) is 0.791. The van der Waals surface area contributed by atoms with Crippen LogP contribution in [-0.4, -0.2) is 65.5 Å². The average molecular weight is 411 g/mol. The Hall–Kier alpha value is -2.67. The SMILES string of the molecule is O=C(NCCc1ccccc1)C1CCCN(C2CCN(C(=O)c3ccon3)CC2)C1. The Morgan fingerprint density at radius 2 is 1.87 bits per heavy atom. The van der Waals surface area contributed by atoms with E-state index in [0.29, 0.717) is 18.3 Å². The van der Waals surface area contributed by atoms with Crippen molar-refractivity contribution in [2.24, 2.45) is 5.92 Å². The van der Waals surface area contributed by atoms with Gasteiger partial charge in [0.05, 0.1) is 5.92 Å². The minimum Gasteiger partial charge on any atom is -0.364 e. The van der Waals surface area contributed by atoms with Crippen LogP contribution in [0.15, 0.2) is 47.2 Å². The Bertz CT molecular complexity index is 816. The normalized spacial score (nSPS) is 20.8. The second-order valence-electron chi connectivity index (χ2n) is 8.27. The lowest BCUT2D eigenvalue weighted by atomic mass is 9.93. The highest BCUT2D eigenvalue weighted by atomic mass is 16.5. The summed E-state index contributed by atoms with van der Waals surface area (Å²) in [6.07, 6.45) is 6.17. The van der Waals surface area contributed by atoms with Crippen LogP contribution in [0.3, 0.4) is 0 Å². The van der Waals surface area contributed by atoms with Crippen molar-refractivity contribution in [2.75, 3.05) is 32.7 Å². The van der Waals surface area contributed by atoms with Gasteiger partial charge in [-0.3, -0.25) is 14.5 Å². The van der Waals surface area contributed by atoms with Crippen molar-refractivity contribution in [3.63, 3.8) is 0 Å². The van der Waals surface area contributed by atoms with E-state index in [1.807, 2.05) is 23.1 Å². The molecule has 2 aliphatic heterocycles. The molecule has 1 N–H and O–H groups in total. The zero-order chi connectivity index (χ0) is 20.8. The van der Waals surface area contributed by atoms with E-state index in [0.717, 1.165) is 58.3 Å². The van der Waals surface area contributed by atoms with Gasteiger partial charge in [0.25, 0.3) is 5.91 Å². The number of hydrogen-bond acceptors (Lipinski definition) is 5. The van der Waals surface area contributed by atoms with Crippen LogP contribution in [0.4, 0.5) is 0 Å². The standard InChI is InChI=1S/C23H30N4O3/c28-22(24-12-8-18-5-2-1-3-6-18)19-7-4-13-27(17-19)20-9-14-26(15-10-20)23(29)21-11-16-30-25-21/h1-3,5-6,11,16,19-20H,4,7-10,12-15,17H2,(H,24,28). The topological polar surface area (TPSA) is 78.7 Å². The number of carbonyl (C=O) groups is 2. The number of nitrogens with zero attached hydrogens (tertiary/aromatic N) is 3. The third-order valence-corrected chi connectivity index (χ3v) is 6.30. The highest BCUT2D eigenvalue weighted by Gasteiger charge is 2.33. The van der Waals surface area contributed by atoms with Gasteiger partial charge in [0.2, 0.25) is 5.91 Å². The maximum atomic E-state index is 12.7. The molecule has 0 saturated carbocycles. The molecule has 0 bridgehead atoms. The molecule has 30 heavy (non-hydrogen) atoms. The van der Waals surface area contributed by atoms with Crippen molar-refractivity contribution in [1.29, 1.82) is 0 Å². The molecule has 2 fully saturated rings. The third-order valence-electron chi connectivity index (χ3n) is 6.30. The van der Waals surface area contributed by atoms with E-state index in [4.69, 9.17) is 4.52 Å². The zero-order valence-electron chi connectivity index (χ0n) is 17.3. The van der Waals surface area contributed by atoms with Gasteiger partial charge < -0.3 is 14.7 Å². The van der Waals surface area contributed by atoms with E-state index >= 15 is 0 Å². The summed E-state index contributed by atoms with van der Waals surface area (Å²) in [5.41, 5.74) is 1.62. The van der Waals surface area contributed by atoms with Gasteiger partial charge in [-0.05, 0) is 44.2 Å². The molecular weight excluding hydrogens is 380 g/mol. The Balaban J connectivity index is 1.22. The number of piperidine rings is 2. The maximum absolute atomic E-state index is 12.7. The highest BCUT2D eigenvalue weighted by Crippen LogP contribution is 2.24. The monoisotopic (exact) mass is 410 g/mol. The van der Waals surface area contributed by atoms with E-state index < -0.39 is 0 Å². The lowest BCUT2D eigenvalue weighted by Gasteiger charge is -2.41. The van der Waals surface area contributed by atoms with Crippen molar-refractivity contribution in [3.05, 3.63) is 53.9 Å². The summed E-state index contributed by atoms with van der Waals surface area (Å²) >= 11 is 0. The fraction of sp³-hybridized carbons (Fsp3) is 0.522. The van der Waals surface area contributed by atoms with E-state index in [1.54, 1.807) is 6.07 Å². The predicted molar refractivity (Wildman–Crippen MR) is 113 cm³/mol. The molecule has 2 amide bonds. The van der Waals surface area contributed by atoms with Crippen LogP contribution in [0.5, 0.6) is 0 Å². The number of amides is 2. The molecule has 0 aliphatic carbocycles. The number of likely N-dealkylation sites (tertiary alicyclic amines) is 2. The van der Waals surface area contributed by atoms with Crippen LogP contribution in [0.2, 0.25) is 0 Å². The molecule has 160 valence electrons. The molecule has 4 rings (SSSR count). The van der Waals surface area contributed by atoms with E-state index in [9.17, 15) is 9.59 Å². The number of aromatic nitrogens is 1. The molecule has 1 aromatic heterocycles. The first-order chi connectivity index (χ1) is 14.7. The van der Waals surface area contributed by atoms with E-state index in [2.05, 4.69) is 27.5 Å². The smallest absolute Gasteiger partial charge is 0.276 e. The first-order valence-corrected chi connectivity index (χ1v) is 11.0. The van der Waals surface area contributed by atoms with Gasteiger partial charge in [-0.25, -0.2) is 0 Å². The first kappa shape index (κ1) is 20.6. The lowest BCUT2D eigenvalue weighted by Crippen LogP contribution is -2.51. The Morgan fingerprint density at radius 1 is 1.07 bits per heavy atom. The van der Waals surface area contributed by atoms with Gasteiger partial charge in [0.1, 0.15) is 6.26 Å². The number of rotatable bonds is 6. The molecule has 2 aromatic rings. The van der Waals surface area contributed by atoms with E-state index in [1.165, 1.54) is 11.8 Å². The summed E-state index contributed by atoms with van der Waals surface area (Å²) < 4.78 is 4.79. The summed E-state index contributed by atoms with van der Waals surface area (Å²) in [6, 6.07) is 12.3. The van der Waals surface area contributed by atoms with Crippen molar-refractivity contribution in [3.8, 4) is 0 Å². The molecule has 7 nitrogen and oxygen atoms in total. The average Bonchev–Trinajstić information content (AvgIpc) is 3.34. The molecule has 2 aliphatic rings. The minimum atomic E-state index is -0.0588. The summed E-state index contributed by atoms with van der Waals surface area (Å²) in [6.45, 7) is 3.98. The number of benzene rings is 1. The lowest BCUT2D eigenvalue weighted by molar-refractivity contribution is -0.127. The fourth-order valence-electron chi connectivity index (χ4n) is 4.59. The molecule has 1 aromatic carbocycles. The highest BCUT2D eigenvalue weighted by molar-refractivity contribution is 5.92. The third kappa shape index (κ3) is 5.08. The van der Waals surface area contributed by atoms with Crippen molar-refractivity contribution in [1.82, 2.24) is 20.3 Å².